The molecule has 8 rings (SSSR count). The van der Waals surface area contributed by atoms with Crippen LogP contribution in [0.1, 0.15) is 31.2 Å². The van der Waals surface area contributed by atoms with Crippen LogP contribution in [0, 0.1) is 34.9 Å². The monoisotopic (exact) mass is 675 g/mol. The largest absolute Gasteiger partial charge is 0.508 e. The molecule has 49 heavy (non-hydrogen) atoms. The minimum Gasteiger partial charge on any atom is -0.508 e. The van der Waals surface area contributed by atoms with Gasteiger partial charge in [0.25, 0.3) is 0 Å². The van der Waals surface area contributed by atoms with E-state index >= 15 is 0 Å². The summed E-state index contributed by atoms with van der Waals surface area (Å²) < 4.78 is 14.1. The Morgan fingerprint density at radius 2 is 1.47 bits per heavy atom. The maximum atomic E-state index is 14.5. The van der Waals surface area contributed by atoms with Crippen molar-refractivity contribution in [1.82, 2.24) is 0 Å². The van der Waals surface area contributed by atoms with Gasteiger partial charge in [-0.25, -0.2) is 9.29 Å². The molecule has 2 saturated heterocycles. The van der Waals surface area contributed by atoms with E-state index in [2.05, 4.69) is 5.32 Å². The quantitative estimate of drug-likeness (QED) is 0.169. The van der Waals surface area contributed by atoms with Crippen molar-refractivity contribution < 1.29 is 28.7 Å². The molecule has 0 aromatic heterocycles. The van der Waals surface area contributed by atoms with Gasteiger partial charge in [-0.2, -0.15) is 0 Å². The number of fused-ring (bicyclic) bond motifs is 4. The van der Waals surface area contributed by atoms with Gasteiger partial charge in [0, 0.05) is 17.3 Å². The van der Waals surface area contributed by atoms with E-state index in [9.17, 15) is 28.7 Å². The number of carbonyl (C=O) groups is 4. The number of amides is 4. The molecule has 10 heteroatoms. The van der Waals surface area contributed by atoms with Gasteiger partial charge in [0.05, 0.1) is 39.6 Å². The lowest BCUT2D eigenvalue weighted by molar-refractivity contribution is -0.131. The highest BCUT2D eigenvalue weighted by molar-refractivity contribution is 6.32. The lowest BCUT2D eigenvalue weighted by Crippen LogP contribution is -2.48. The fourth-order valence-electron chi connectivity index (χ4n) is 8.57. The third-order valence-corrected chi connectivity index (χ3v) is 11.1. The van der Waals surface area contributed by atoms with Crippen molar-refractivity contribution in [2.75, 3.05) is 15.1 Å². The highest BCUT2D eigenvalue weighted by Gasteiger charge is 2.67. The fourth-order valence-corrected chi connectivity index (χ4v) is 8.74. The zero-order chi connectivity index (χ0) is 34.2. The Hall–Kier alpha value is -5.28. The van der Waals surface area contributed by atoms with E-state index in [4.69, 9.17) is 11.6 Å². The molecule has 0 spiro atoms. The van der Waals surface area contributed by atoms with E-state index in [1.807, 2.05) is 48.5 Å². The summed E-state index contributed by atoms with van der Waals surface area (Å²) in [5, 5.41) is 13.2. The third kappa shape index (κ3) is 4.70. The summed E-state index contributed by atoms with van der Waals surface area (Å²) in [5.41, 5.74) is 2.60. The topological polar surface area (TPSA) is 107 Å². The number of aromatic hydroxyl groups is 1. The first-order valence-electron chi connectivity index (χ1n) is 16.2. The number of nitrogens with one attached hydrogen (secondary N) is 1. The second-order valence-corrected chi connectivity index (χ2v) is 13.8. The first-order valence-corrected chi connectivity index (χ1v) is 16.6. The molecule has 1 saturated carbocycles. The van der Waals surface area contributed by atoms with E-state index in [1.165, 1.54) is 29.2 Å². The number of hydrogen-bond donors (Lipinski definition) is 2. The van der Waals surface area contributed by atoms with Crippen molar-refractivity contribution in [3.05, 3.63) is 125 Å². The second kappa shape index (κ2) is 11.4. The Morgan fingerprint density at radius 1 is 0.796 bits per heavy atom. The third-order valence-electron chi connectivity index (χ3n) is 10.9. The molecule has 2 aliphatic carbocycles. The zero-order valence-corrected chi connectivity index (χ0v) is 27.1. The number of benzene rings is 4. The lowest BCUT2D eigenvalue weighted by Gasteiger charge is -2.49. The maximum Gasteiger partial charge on any atom is 0.241 e. The van der Waals surface area contributed by atoms with Gasteiger partial charge >= 0.3 is 0 Å². The molecule has 8 nitrogen and oxygen atoms in total. The molecule has 2 N–H and O–H groups in total. The molecule has 246 valence electrons. The van der Waals surface area contributed by atoms with Crippen molar-refractivity contribution >= 4 is 58.0 Å². The Bertz CT molecular complexity index is 2070. The molecule has 4 aromatic carbocycles. The van der Waals surface area contributed by atoms with Crippen LogP contribution >= 0.6 is 11.6 Å². The Labute approximate surface area is 286 Å². The van der Waals surface area contributed by atoms with Crippen molar-refractivity contribution in [2.24, 2.45) is 29.1 Å². The molecule has 0 bridgehead atoms. The number of phenols is 1. The molecule has 3 fully saturated rings. The van der Waals surface area contributed by atoms with E-state index in [0.717, 1.165) is 27.9 Å². The molecule has 4 amide bonds. The number of halogens is 2. The number of imide groups is 2. The fraction of sp³-hybridized carbons (Fsp3) is 0.231. The van der Waals surface area contributed by atoms with E-state index in [-0.39, 0.29) is 34.7 Å². The second-order valence-electron chi connectivity index (χ2n) is 13.4. The van der Waals surface area contributed by atoms with Gasteiger partial charge in [-0.3, -0.25) is 24.1 Å². The van der Waals surface area contributed by atoms with E-state index in [0.29, 0.717) is 17.7 Å². The van der Waals surface area contributed by atoms with Crippen LogP contribution in [0.3, 0.4) is 0 Å². The summed E-state index contributed by atoms with van der Waals surface area (Å²) >= 11 is 6.08. The predicted octanol–water partition coefficient (Wildman–Crippen LogP) is 7.36. The van der Waals surface area contributed by atoms with Gasteiger partial charge in [0.2, 0.25) is 23.6 Å². The van der Waals surface area contributed by atoms with Crippen molar-refractivity contribution in [2.45, 2.75) is 25.7 Å². The number of nitrogens with zero attached hydrogens (tertiary/aromatic N) is 2. The van der Waals surface area contributed by atoms with Crippen molar-refractivity contribution in [1.29, 1.82) is 0 Å². The average Bonchev–Trinajstić information content (AvgIpc) is 3.47. The maximum absolute atomic E-state index is 14.5. The van der Waals surface area contributed by atoms with Crippen LogP contribution in [0.15, 0.2) is 109 Å². The van der Waals surface area contributed by atoms with Gasteiger partial charge in [0.15, 0.2) is 0 Å². The first kappa shape index (κ1) is 31.0. The number of anilines is 4. The summed E-state index contributed by atoms with van der Waals surface area (Å²) in [6.45, 7) is 1.77. The normalized spacial score (nSPS) is 27.5. The van der Waals surface area contributed by atoms with Crippen molar-refractivity contribution in [3.8, 4) is 5.75 Å². The summed E-state index contributed by atoms with van der Waals surface area (Å²) in [4.78, 5) is 59.4. The predicted molar refractivity (Wildman–Crippen MR) is 183 cm³/mol. The average molecular weight is 676 g/mol. The molecular formula is C39H31ClFN3O5. The summed E-state index contributed by atoms with van der Waals surface area (Å²) in [6, 6.07) is 27.0. The smallest absolute Gasteiger partial charge is 0.241 e. The standard InChI is InChI=1S/C39H31ClFN3O5/c1-39-30(36(47)44(38(39)49)25-13-18-32(41)31(40)19-25)20-29-27(34(39)21-7-14-26(45)15-8-21)16-17-28-33(29)37(48)43(35(28)46)24-11-9-23(10-12-24)42-22-5-3-2-4-6-22/h2-16,18-19,28-30,33-34,42,45H,17,20H2,1H3. The molecular weight excluding hydrogens is 645 g/mol. The van der Waals surface area contributed by atoms with Crippen LogP contribution in [0.5, 0.6) is 5.75 Å². The minimum atomic E-state index is -1.27. The highest BCUT2D eigenvalue weighted by Crippen LogP contribution is 2.63. The van der Waals surface area contributed by atoms with Crippen LogP contribution in [-0.2, 0) is 19.2 Å². The Kier molecular flexibility index (Phi) is 7.22. The van der Waals surface area contributed by atoms with Gasteiger partial charge < -0.3 is 10.4 Å². The van der Waals surface area contributed by atoms with Crippen LogP contribution < -0.4 is 15.1 Å². The number of rotatable bonds is 5. The highest BCUT2D eigenvalue weighted by atomic mass is 35.5. The summed E-state index contributed by atoms with van der Waals surface area (Å²) in [6.07, 6.45) is 2.46. The van der Waals surface area contributed by atoms with Crippen LogP contribution in [-0.4, -0.2) is 28.7 Å². The molecule has 6 atom stereocenters. The SMILES string of the molecule is CC12C(=O)N(c3ccc(F)c(Cl)c3)C(=O)C1CC1C(=CCC3C(=O)N(c4ccc(Nc5ccccc5)cc4)C(=O)C31)C2c1ccc(O)cc1. The molecule has 2 aliphatic heterocycles. The van der Waals surface area contributed by atoms with Crippen LogP contribution in [0.25, 0.3) is 0 Å². The van der Waals surface area contributed by atoms with Gasteiger partial charge in [-0.1, -0.05) is 53.6 Å². The zero-order valence-electron chi connectivity index (χ0n) is 26.3. The van der Waals surface area contributed by atoms with E-state index in [1.54, 1.807) is 31.2 Å². The number of allylic oxidation sites excluding steroid dienone is 2. The number of hydrogen-bond acceptors (Lipinski definition) is 6. The van der Waals surface area contributed by atoms with Gasteiger partial charge in [0.1, 0.15) is 11.6 Å². The molecule has 6 unspecified atom stereocenters. The van der Waals surface area contributed by atoms with E-state index < -0.39 is 52.6 Å². The summed E-state index contributed by atoms with van der Waals surface area (Å²) in [7, 11) is 0. The number of phenolic OH excluding ortho intramolecular Hbond substituents is 1. The molecule has 0 radical (unpaired) electrons. The Morgan fingerprint density at radius 3 is 2.16 bits per heavy atom. The Balaban J connectivity index is 1.17. The molecule has 4 aliphatic rings. The van der Waals surface area contributed by atoms with Gasteiger partial charge in [-0.05, 0) is 98.0 Å². The first-order chi connectivity index (χ1) is 23.6. The van der Waals surface area contributed by atoms with Gasteiger partial charge in [-0.15, -0.1) is 0 Å². The number of carbonyl (C=O) groups excluding carboxylic acids is 4. The molecule has 4 aromatic rings. The number of para-hydroxylation sites is 1. The summed E-state index contributed by atoms with van der Waals surface area (Å²) in [5.74, 6) is -5.48. The minimum absolute atomic E-state index is 0.0455. The van der Waals surface area contributed by atoms with Crippen LogP contribution in [0.4, 0.5) is 27.1 Å². The molecule has 2 heterocycles. The lowest BCUT2D eigenvalue weighted by atomic mass is 9.51. The van der Waals surface area contributed by atoms with Crippen LogP contribution in [0.2, 0.25) is 5.02 Å². The van der Waals surface area contributed by atoms with Crippen molar-refractivity contribution in [3.63, 3.8) is 0 Å².